The summed E-state index contributed by atoms with van der Waals surface area (Å²) in [5.74, 6) is 0.937. The topological polar surface area (TPSA) is 49.9 Å². The maximum Gasteiger partial charge on any atom is 0.228 e. The number of aryl methyl sites for hydroxylation is 2. The van der Waals surface area contributed by atoms with Crippen LogP contribution in [0.3, 0.4) is 0 Å². The number of benzene rings is 1. The molecule has 0 unspecified atom stereocenters. The van der Waals surface area contributed by atoms with Gasteiger partial charge in [-0.15, -0.1) is 0 Å². The van der Waals surface area contributed by atoms with Gasteiger partial charge in [0, 0.05) is 19.5 Å². The van der Waals surface area contributed by atoms with Crippen molar-refractivity contribution in [2.24, 2.45) is 5.92 Å². The van der Waals surface area contributed by atoms with Crippen LogP contribution in [0.1, 0.15) is 24.5 Å². The monoisotopic (exact) mass is 316 g/mol. The van der Waals surface area contributed by atoms with Gasteiger partial charge in [-0.25, -0.2) is 0 Å². The lowest BCUT2D eigenvalue weighted by atomic mass is 10.0. The maximum absolute atomic E-state index is 12.5. The number of nitrogens with zero attached hydrogens (tertiary/aromatic N) is 2. The van der Waals surface area contributed by atoms with Crippen LogP contribution in [0.5, 0.6) is 5.75 Å². The van der Waals surface area contributed by atoms with E-state index in [0.29, 0.717) is 32.6 Å². The van der Waals surface area contributed by atoms with Crippen LogP contribution in [0.15, 0.2) is 18.2 Å². The minimum Gasteiger partial charge on any atom is -0.486 e. The Morgan fingerprint density at radius 1 is 1.22 bits per heavy atom. The van der Waals surface area contributed by atoms with Crippen LogP contribution in [0.25, 0.3) is 0 Å². The molecule has 1 aromatic carbocycles. The first-order valence-corrected chi connectivity index (χ1v) is 8.29. The second kappa shape index (κ2) is 6.22. The average Bonchev–Trinajstić information content (AvgIpc) is 2.85. The lowest BCUT2D eigenvalue weighted by Gasteiger charge is -2.40. The highest BCUT2D eigenvalue weighted by Gasteiger charge is 2.40. The minimum absolute atomic E-state index is 0.0538. The second-order valence-corrected chi connectivity index (χ2v) is 6.54. The summed E-state index contributed by atoms with van der Waals surface area (Å²) in [6.45, 7) is 8.49. The van der Waals surface area contributed by atoms with E-state index in [1.807, 2.05) is 43.9 Å². The van der Waals surface area contributed by atoms with Gasteiger partial charge in [0.2, 0.25) is 11.8 Å². The van der Waals surface area contributed by atoms with E-state index in [4.69, 9.17) is 4.74 Å². The Bertz CT molecular complexity index is 602. The molecule has 2 amide bonds. The van der Waals surface area contributed by atoms with Gasteiger partial charge in [0.1, 0.15) is 11.9 Å². The Balaban J connectivity index is 1.53. The fourth-order valence-corrected chi connectivity index (χ4v) is 3.35. The fourth-order valence-electron chi connectivity index (χ4n) is 3.35. The van der Waals surface area contributed by atoms with Gasteiger partial charge < -0.3 is 14.5 Å². The molecule has 2 aliphatic rings. The molecular weight excluding hydrogens is 292 g/mol. The molecule has 5 nitrogen and oxygen atoms in total. The van der Waals surface area contributed by atoms with Crippen molar-refractivity contribution in [3.63, 3.8) is 0 Å². The molecule has 0 aromatic heterocycles. The van der Waals surface area contributed by atoms with Crippen LogP contribution in [0.4, 0.5) is 0 Å². The number of para-hydroxylation sites is 1. The highest BCUT2D eigenvalue weighted by molar-refractivity contribution is 5.89. The summed E-state index contributed by atoms with van der Waals surface area (Å²) in [5, 5.41) is 0. The van der Waals surface area contributed by atoms with E-state index in [1.54, 1.807) is 4.90 Å². The number of hydrogen-bond donors (Lipinski definition) is 0. The summed E-state index contributed by atoms with van der Waals surface area (Å²) in [5.41, 5.74) is 2.24. The van der Waals surface area contributed by atoms with E-state index in [1.165, 1.54) is 0 Å². The molecule has 3 rings (SSSR count). The third kappa shape index (κ3) is 3.05. The zero-order valence-corrected chi connectivity index (χ0v) is 14.0. The maximum atomic E-state index is 12.5. The van der Waals surface area contributed by atoms with Crippen molar-refractivity contribution in [2.75, 3.05) is 26.2 Å². The summed E-state index contributed by atoms with van der Waals surface area (Å²) in [6.07, 6.45) is 0.407. The molecule has 2 aliphatic heterocycles. The largest absolute Gasteiger partial charge is 0.486 e. The molecular formula is C18H24N2O3. The Hall–Kier alpha value is -2.04. The third-order valence-electron chi connectivity index (χ3n) is 4.80. The molecule has 2 fully saturated rings. The standard InChI is InChI=1S/C18H24N2O3/c1-4-19-9-14(8-16(19)21)18(22)20-10-15(11-20)23-17-12(2)6-5-7-13(17)3/h5-7,14-15H,4,8-11H2,1-3H3/t14-/m1/s1. The summed E-state index contributed by atoms with van der Waals surface area (Å²) >= 11 is 0. The number of amides is 2. The summed E-state index contributed by atoms with van der Waals surface area (Å²) in [6, 6.07) is 6.09. The van der Waals surface area contributed by atoms with Crippen LogP contribution in [-0.2, 0) is 9.59 Å². The molecule has 0 spiro atoms. The first kappa shape index (κ1) is 15.8. The van der Waals surface area contributed by atoms with Crippen LogP contribution in [0, 0.1) is 19.8 Å². The zero-order valence-electron chi connectivity index (χ0n) is 14.0. The number of likely N-dealkylation sites (tertiary alicyclic amines) is 2. The number of carbonyl (C=O) groups excluding carboxylic acids is 2. The summed E-state index contributed by atoms with van der Waals surface area (Å²) in [7, 11) is 0. The predicted molar refractivity (Wildman–Crippen MR) is 87.3 cm³/mol. The minimum atomic E-state index is -0.177. The molecule has 1 aromatic rings. The van der Waals surface area contributed by atoms with E-state index in [9.17, 15) is 9.59 Å². The van der Waals surface area contributed by atoms with Crippen molar-refractivity contribution in [1.29, 1.82) is 0 Å². The Morgan fingerprint density at radius 3 is 2.43 bits per heavy atom. The number of rotatable bonds is 4. The molecule has 124 valence electrons. The molecule has 5 heteroatoms. The predicted octanol–water partition coefficient (Wildman–Crippen LogP) is 1.76. The van der Waals surface area contributed by atoms with Gasteiger partial charge in [-0.3, -0.25) is 9.59 Å². The van der Waals surface area contributed by atoms with Crippen molar-refractivity contribution in [1.82, 2.24) is 9.80 Å². The summed E-state index contributed by atoms with van der Waals surface area (Å²) in [4.78, 5) is 27.8. The smallest absolute Gasteiger partial charge is 0.228 e. The van der Waals surface area contributed by atoms with Crippen LogP contribution >= 0.6 is 0 Å². The van der Waals surface area contributed by atoms with Crippen LogP contribution < -0.4 is 4.74 Å². The van der Waals surface area contributed by atoms with Crippen LogP contribution in [0.2, 0.25) is 0 Å². The number of hydrogen-bond acceptors (Lipinski definition) is 3. The lowest BCUT2D eigenvalue weighted by molar-refractivity contribution is -0.144. The molecule has 2 saturated heterocycles. The van der Waals surface area contributed by atoms with Gasteiger partial charge in [-0.2, -0.15) is 0 Å². The number of ether oxygens (including phenoxy) is 1. The van der Waals surface area contributed by atoms with Gasteiger partial charge in [0.15, 0.2) is 0 Å². The van der Waals surface area contributed by atoms with Gasteiger partial charge in [-0.05, 0) is 31.9 Å². The van der Waals surface area contributed by atoms with E-state index in [2.05, 4.69) is 0 Å². The zero-order chi connectivity index (χ0) is 16.6. The highest BCUT2D eigenvalue weighted by Crippen LogP contribution is 2.28. The first-order valence-electron chi connectivity index (χ1n) is 8.29. The average molecular weight is 316 g/mol. The van der Waals surface area contributed by atoms with Crippen molar-refractivity contribution >= 4 is 11.8 Å². The number of carbonyl (C=O) groups is 2. The summed E-state index contributed by atoms with van der Waals surface area (Å²) < 4.78 is 6.05. The second-order valence-electron chi connectivity index (χ2n) is 6.54. The molecule has 2 heterocycles. The van der Waals surface area contributed by atoms with Crippen LogP contribution in [-0.4, -0.2) is 53.9 Å². The van der Waals surface area contributed by atoms with Crippen molar-refractivity contribution in [2.45, 2.75) is 33.3 Å². The van der Waals surface area contributed by atoms with E-state index < -0.39 is 0 Å². The van der Waals surface area contributed by atoms with Gasteiger partial charge >= 0.3 is 0 Å². The molecule has 0 radical (unpaired) electrons. The van der Waals surface area contributed by atoms with Crippen molar-refractivity contribution < 1.29 is 14.3 Å². The van der Waals surface area contributed by atoms with Gasteiger partial charge in [0.25, 0.3) is 0 Å². The molecule has 0 aliphatic carbocycles. The van der Waals surface area contributed by atoms with Gasteiger partial charge in [0.05, 0.1) is 19.0 Å². The third-order valence-corrected chi connectivity index (χ3v) is 4.80. The van der Waals surface area contributed by atoms with E-state index in [0.717, 1.165) is 16.9 Å². The Kier molecular flexibility index (Phi) is 4.28. The normalized spacial score (nSPS) is 21.5. The SMILES string of the molecule is CCN1C[C@H](C(=O)N2CC(Oc3c(C)cccc3C)C2)CC1=O. The quantitative estimate of drug-likeness (QED) is 0.850. The highest BCUT2D eigenvalue weighted by atomic mass is 16.5. The molecule has 0 N–H and O–H groups in total. The van der Waals surface area contributed by atoms with E-state index in [-0.39, 0.29) is 23.8 Å². The molecule has 23 heavy (non-hydrogen) atoms. The van der Waals surface area contributed by atoms with Gasteiger partial charge in [-0.1, -0.05) is 18.2 Å². The fraction of sp³-hybridized carbons (Fsp3) is 0.556. The molecule has 0 saturated carbocycles. The molecule has 0 bridgehead atoms. The molecule has 1 atom stereocenters. The van der Waals surface area contributed by atoms with Crippen molar-refractivity contribution in [3.05, 3.63) is 29.3 Å². The van der Waals surface area contributed by atoms with E-state index >= 15 is 0 Å². The Labute approximate surface area is 137 Å². The first-order chi connectivity index (χ1) is 11.0. The Morgan fingerprint density at radius 2 is 1.87 bits per heavy atom. The lowest BCUT2D eigenvalue weighted by Crippen LogP contribution is -2.57. The van der Waals surface area contributed by atoms with Crippen molar-refractivity contribution in [3.8, 4) is 5.75 Å².